The van der Waals surface area contributed by atoms with Gasteiger partial charge in [0.15, 0.2) is 11.6 Å². The van der Waals surface area contributed by atoms with Crippen molar-refractivity contribution in [3.05, 3.63) is 358 Å². The van der Waals surface area contributed by atoms with Gasteiger partial charge in [-0.3, -0.25) is 0 Å². The van der Waals surface area contributed by atoms with E-state index >= 15 is 0 Å². The number of aromatic nitrogens is 6. The Labute approximate surface area is 584 Å². The van der Waals surface area contributed by atoms with Gasteiger partial charge in [0.2, 0.25) is 0 Å². The topological polar surface area (TPSA) is 67.9 Å². The number of rotatable bonds is 11. The molecule has 0 saturated heterocycles. The highest BCUT2D eigenvalue weighted by Crippen LogP contribution is 2.49. The highest BCUT2D eigenvalue weighted by atomic mass is 15.2. The molecule has 0 atom stereocenters. The molecule has 0 saturated carbocycles. The van der Waals surface area contributed by atoms with Crippen molar-refractivity contribution in [2.24, 2.45) is 0 Å². The van der Waals surface area contributed by atoms with Gasteiger partial charge in [-0.05, 0) is 131 Å². The average Bonchev–Trinajstić information content (AvgIpc) is 0.789. The molecule has 4 aromatic heterocycles. The van der Waals surface area contributed by atoms with Gasteiger partial charge in [-0.25, -0.2) is 19.9 Å². The van der Waals surface area contributed by atoms with Crippen molar-refractivity contribution in [2.75, 3.05) is 9.80 Å². The smallest absolute Gasteiger partial charge is 0.252 e. The van der Waals surface area contributed by atoms with Crippen LogP contribution in [0.25, 0.3) is 134 Å². The minimum absolute atomic E-state index is 0.0550. The van der Waals surface area contributed by atoms with Gasteiger partial charge in [-0.1, -0.05) is 249 Å². The summed E-state index contributed by atoms with van der Waals surface area (Å²) in [6, 6.07) is 129. The van der Waals surface area contributed by atoms with Crippen LogP contribution < -0.4 is 26.2 Å². The van der Waals surface area contributed by atoms with E-state index in [2.05, 4.69) is 353 Å². The van der Waals surface area contributed by atoms with E-state index in [-0.39, 0.29) is 6.71 Å². The number of fused-ring (bicyclic) bond motifs is 10. The van der Waals surface area contributed by atoms with Gasteiger partial charge in [0.05, 0.1) is 56.2 Å². The monoisotopic (exact) mass is 1290 g/mol. The first-order valence-electron chi connectivity index (χ1n) is 34.4. The second-order valence-corrected chi connectivity index (χ2v) is 26.0. The molecular weight excluding hydrogens is 1230 g/mol. The molecule has 18 aromatic rings. The average molecular weight is 1290 g/mol. The third-order valence-corrected chi connectivity index (χ3v) is 20.3. The summed E-state index contributed by atoms with van der Waals surface area (Å²) in [5.41, 5.74) is 27.9. The van der Waals surface area contributed by atoms with E-state index in [9.17, 15) is 0 Å². The minimum atomic E-state index is -0.0550. The standard InChI is InChI=1S/C92H59BN8/c1-7-28-60(29-8-1)77-57-79(96-91(94-77)62-32-11-3-12-33-62)64-50-52-83(101-82-47-24-20-43-71(82)73-56-72-70-42-19-23-46-81(70)98(87(72)59-88(73)101)66-36-13-4-14-37-66)74(55-64)80-58-78(61-30-9-2-10-31-61)95-92(97-80)65-35-27-34-63(54-65)69-51-53-86-89-90(69)100(68-40-17-6-18-41-68)85-49-26-22-45-76(85)93(89)75-44-21-25-48-84(75)99(86)67-38-15-5-16-39-67/h1-59H. The Hall–Kier alpha value is -13.5. The molecule has 0 N–H and O–H groups in total. The van der Waals surface area contributed by atoms with E-state index in [0.717, 1.165) is 140 Å². The number of benzene rings is 14. The zero-order valence-electron chi connectivity index (χ0n) is 54.7. The van der Waals surface area contributed by atoms with Crippen molar-refractivity contribution in [2.45, 2.75) is 0 Å². The molecule has 470 valence electrons. The normalized spacial score (nSPS) is 12.3. The van der Waals surface area contributed by atoms with Crippen molar-refractivity contribution in [1.29, 1.82) is 0 Å². The Bertz CT molecular complexity index is 6210. The lowest BCUT2D eigenvalue weighted by molar-refractivity contribution is 1.14. The van der Waals surface area contributed by atoms with Crippen LogP contribution in [0.1, 0.15) is 0 Å². The molecule has 2 aliphatic heterocycles. The summed E-state index contributed by atoms with van der Waals surface area (Å²) in [6.07, 6.45) is 0. The van der Waals surface area contributed by atoms with E-state index in [4.69, 9.17) is 19.9 Å². The van der Waals surface area contributed by atoms with Crippen molar-refractivity contribution in [3.63, 3.8) is 0 Å². The van der Waals surface area contributed by atoms with Gasteiger partial charge in [0, 0.05) is 94.6 Å². The summed E-state index contributed by atoms with van der Waals surface area (Å²) in [4.78, 5) is 27.1. The van der Waals surface area contributed by atoms with Crippen LogP contribution in [0.2, 0.25) is 0 Å². The molecular formula is C92H59BN8. The van der Waals surface area contributed by atoms with Gasteiger partial charge in [0.1, 0.15) is 0 Å². The van der Waals surface area contributed by atoms with Crippen LogP contribution in [0, 0.1) is 0 Å². The quantitative estimate of drug-likeness (QED) is 0.120. The molecule has 0 bridgehead atoms. The third-order valence-electron chi connectivity index (χ3n) is 20.3. The predicted octanol–water partition coefficient (Wildman–Crippen LogP) is 21.2. The molecule has 8 nitrogen and oxygen atoms in total. The van der Waals surface area contributed by atoms with Crippen molar-refractivity contribution in [3.8, 4) is 90.3 Å². The van der Waals surface area contributed by atoms with Crippen molar-refractivity contribution < 1.29 is 0 Å². The van der Waals surface area contributed by atoms with Crippen LogP contribution in [0.5, 0.6) is 0 Å². The Morgan fingerprint density at radius 3 is 1.30 bits per heavy atom. The lowest BCUT2D eigenvalue weighted by Gasteiger charge is -2.45. The van der Waals surface area contributed by atoms with Gasteiger partial charge in [-0.15, -0.1) is 0 Å². The highest BCUT2D eigenvalue weighted by molar-refractivity contribution is 7.00. The zero-order chi connectivity index (χ0) is 66.5. The Balaban J connectivity index is 0.838. The number of nitrogens with zero attached hydrogens (tertiary/aromatic N) is 8. The maximum atomic E-state index is 5.88. The molecule has 101 heavy (non-hydrogen) atoms. The molecule has 14 aromatic carbocycles. The van der Waals surface area contributed by atoms with Crippen LogP contribution >= 0.6 is 0 Å². The minimum Gasteiger partial charge on any atom is -0.311 e. The fourth-order valence-electron chi connectivity index (χ4n) is 15.9. The largest absolute Gasteiger partial charge is 0.311 e. The molecule has 20 rings (SSSR count). The summed E-state index contributed by atoms with van der Waals surface area (Å²) in [5.74, 6) is 1.23. The van der Waals surface area contributed by atoms with E-state index < -0.39 is 0 Å². The second kappa shape index (κ2) is 23.7. The van der Waals surface area contributed by atoms with Crippen LogP contribution in [0.15, 0.2) is 358 Å². The number of para-hydroxylation sites is 7. The van der Waals surface area contributed by atoms with E-state index in [1.54, 1.807) is 0 Å². The maximum absolute atomic E-state index is 5.88. The molecule has 9 heteroatoms. The van der Waals surface area contributed by atoms with Crippen LogP contribution in [-0.2, 0) is 0 Å². The number of anilines is 6. The third kappa shape index (κ3) is 9.54. The van der Waals surface area contributed by atoms with Crippen LogP contribution in [0.3, 0.4) is 0 Å². The molecule has 0 fully saturated rings. The number of hydrogen-bond acceptors (Lipinski definition) is 6. The Morgan fingerprint density at radius 1 is 0.228 bits per heavy atom. The fraction of sp³-hybridized carbons (Fsp3) is 0. The van der Waals surface area contributed by atoms with E-state index in [0.29, 0.717) is 11.6 Å². The summed E-state index contributed by atoms with van der Waals surface area (Å²) in [7, 11) is 0. The van der Waals surface area contributed by atoms with Gasteiger partial charge < -0.3 is 18.9 Å². The molecule has 0 radical (unpaired) electrons. The SMILES string of the molecule is c1ccc(-c2cc(-c3ccc(-n4c5ccccc5c5cc6c7ccccc7n(-c7ccccc7)c6cc54)c(-c4cc(-c5ccccc5)nc(-c5cccc(-c6ccc7c8c6N(c6ccccc6)c6ccccc6B8c6ccccc6N7c6ccccc6)c5)n4)c3)nc(-c3ccccc3)n2)cc1. The molecule has 2 aliphatic rings. The lowest BCUT2D eigenvalue weighted by atomic mass is 9.33. The lowest BCUT2D eigenvalue weighted by Crippen LogP contribution is -2.61. The van der Waals surface area contributed by atoms with Gasteiger partial charge in [-0.2, -0.15) is 0 Å². The first-order valence-corrected chi connectivity index (χ1v) is 34.4. The fourth-order valence-corrected chi connectivity index (χ4v) is 15.9. The zero-order valence-corrected chi connectivity index (χ0v) is 54.7. The summed E-state index contributed by atoms with van der Waals surface area (Å²) < 4.78 is 4.86. The first kappa shape index (κ1) is 57.7. The van der Waals surface area contributed by atoms with Crippen molar-refractivity contribution in [1.82, 2.24) is 29.1 Å². The van der Waals surface area contributed by atoms with Gasteiger partial charge >= 0.3 is 0 Å². The Kier molecular flexibility index (Phi) is 13.5. The summed E-state index contributed by atoms with van der Waals surface area (Å²) in [5, 5.41) is 4.69. The maximum Gasteiger partial charge on any atom is 0.252 e. The molecule has 0 aliphatic carbocycles. The molecule has 0 amide bonds. The van der Waals surface area contributed by atoms with Crippen LogP contribution in [0.4, 0.5) is 34.1 Å². The molecule has 0 unspecified atom stereocenters. The molecule has 6 heterocycles. The molecule has 0 spiro atoms. The Morgan fingerprint density at radius 2 is 0.673 bits per heavy atom. The summed E-state index contributed by atoms with van der Waals surface area (Å²) >= 11 is 0. The predicted molar refractivity (Wildman–Crippen MR) is 418 cm³/mol. The van der Waals surface area contributed by atoms with E-state index in [1.165, 1.54) is 32.8 Å². The number of hydrogen-bond donors (Lipinski definition) is 0. The first-order chi connectivity index (χ1) is 50.1. The van der Waals surface area contributed by atoms with Crippen LogP contribution in [-0.4, -0.2) is 35.8 Å². The van der Waals surface area contributed by atoms with E-state index in [1.807, 2.05) is 24.3 Å². The van der Waals surface area contributed by atoms with Gasteiger partial charge in [0.25, 0.3) is 6.71 Å². The highest BCUT2D eigenvalue weighted by Gasteiger charge is 2.44. The summed E-state index contributed by atoms with van der Waals surface area (Å²) in [6.45, 7) is -0.0550. The second-order valence-electron chi connectivity index (χ2n) is 26.0. The van der Waals surface area contributed by atoms with Crippen molar-refractivity contribution >= 4 is 101 Å².